The number of benzene rings is 3. The topological polar surface area (TPSA) is 72.7 Å². The number of thioether (sulfide) groups is 1. The lowest BCUT2D eigenvalue weighted by Gasteiger charge is -2.08. The van der Waals surface area contributed by atoms with E-state index in [4.69, 9.17) is 39.8 Å². The highest BCUT2D eigenvalue weighted by Crippen LogP contribution is 2.28. The van der Waals surface area contributed by atoms with E-state index in [-0.39, 0.29) is 11.7 Å². The third kappa shape index (κ3) is 5.60. The average molecular weight is 557 g/mol. The van der Waals surface area contributed by atoms with Crippen LogP contribution < -0.4 is 5.32 Å². The smallest absolute Gasteiger partial charge is 0.230 e. The third-order valence-corrected chi connectivity index (χ3v) is 7.31. The molecule has 6 nitrogen and oxygen atoms in total. The lowest BCUT2D eigenvalue weighted by molar-refractivity contribution is -0.118. The Labute approximate surface area is 227 Å². The van der Waals surface area contributed by atoms with Gasteiger partial charge in [-0.25, -0.2) is 4.98 Å². The zero-order valence-corrected chi connectivity index (χ0v) is 22.0. The van der Waals surface area contributed by atoms with Gasteiger partial charge in [0.05, 0.1) is 11.3 Å². The second kappa shape index (κ2) is 11.0. The van der Waals surface area contributed by atoms with E-state index < -0.39 is 0 Å². The van der Waals surface area contributed by atoms with Gasteiger partial charge in [-0.2, -0.15) is 0 Å². The van der Waals surface area contributed by atoms with Crippen LogP contribution in [-0.4, -0.2) is 38.0 Å². The summed E-state index contributed by atoms with van der Waals surface area (Å²) < 4.78 is 2.10. The van der Waals surface area contributed by atoms with Crippen molar-refractivity contribution in [2.24, 2.45) is 0 Å². The SMILES string of the molecule is O=C(CSc1nnc2c3ccccc3n(Cc3cccc(Cl)c3)c2n1)NCCc1ccc(Cl)cc1Cl. The summed E-state index contributed by atoms with van der Waals surface area (Å²) in [5.41, 5.74) is 4.43. The Kier molecular flexibility index (Phi) is 7.62. The number of halogens is 3. The molecule has 1 N–H and O–H groups in total. The van der Waals surface area contributed by atoms with Crippen molar-refractivity contribution >= 4 is 74.5 Å². The van der Waals surface area contributed by atoms with E-state index in [1.54, 1.807) is 12.1 Å². The van der Waals surface area contributed by atoms with Gasteiger partial charge < -0.3 is 9.88 Å². The van der Waals surface area contributed by atoms with Gasteiger partial charge in [0.15, 0.2) is 5.65 Å². The van der Waals surface area contributed by atoms with Crippen molar-refractivity contribution in [2.45, 2.75) is 18.1 Å². The van der Waals surface area contributed by atoms with Gasteiger partial charge in [-0.1, -0.05) is 83.0 Å². The number of hydrogen-bond acceptors (Lipinski definition) is 5. The maximum absolute atomic E-state index is 12.4. The van der Waals surface area contributed by atoms with Crippen molar-refractivity contribution in [2.75, 3.05) is 12.3 Å². The molecule has 0 unspecified atom stereocenters. The maximum Gasteiger partial charge on any atom is 0.230 e. The fourth-order valence-electron chi connectivity index (χ4n) is 3.97. The van der Waals surface area contributed by atoms with Crippen LogP contribution in [0.25, 0.3) is 22.1 Å². The van der Waals surface area contributed by atoms with E-state index in [1.165, 1.54) is 11.8 Å². The van der Waals surface area contributed by atoms with E-state index in [0.29, 0.717) is 45.4 Å². The standard InChI is InChI=1S/C26H20Cl3N5OS/c27-18-5-3-4-16(12-18)14-34-22-7-2-1-6-20(22)24-25(34)31-26(33-32-24)36-15-23(35)30-11-10-17-8-9-19(28)13-21(17)29/h1-9,12-13H,10-11,14-15H2,(H,30,35). The number of nitrogens with one attached hydrogen (secondary N) is 1. The molecule has 10 heteroatoms. The molecule has 0 aliphatic heterocycles. The Hall–Kier alpha value is -2.84. The van der Waals surface area contributed by atoms with Gasteiger partial charge >= 0.3 is 0 Å². The van der Waals surface area contributed by atoms with E-state index in [0.717, 1.165) is 27.5 Å². The number of fused-ring (bicyclic) bond motifs is 3. The van der Waals surface area contributed by atoms with E-state index in [9.17, 15) is 4.79 Å². The summed E-state index contributed by atoms with van der Waals surface area (Å²) in [4.78, 5) is 17.2. The number of carbonyl (C=O) groups is 1. The summed E-state index contributed by atoms with van der Waals surface area (Å²) in [6, 6.07) is 21.1. The summed E-state index contributed by atoms with van der Waals surface area (Å²) in [5.74, 6) is 0.0593. The predicted molar refractivity (Wildman–Crippen MR) is 147 cm³/mol. The minimum atomic E-state index is -0.117. The van der Waals surface area contributed by atoms with Gasteiger partial charge in [0.1, 0.15) is 5.52 Å². The summed E-state index contributed by atoms with van der Waals surface area (Å²) in [7, 11) is 0. The molecule has 1 amide bonds. The molecule has 0 radical (unpaired) electrons. The van der Waals surface area contributed by atoms with Crippen LogP contribution >= 0.6 is 46.6 Å². The first-order valence-electron chi connectivity index (χ1n) is 11.2. The van der Waals surface area contributed by atoms with Gasteiger partial charge in [0.25, 0.3) is 0 Å². The molecule has 0 saturated carbocycles. The van der Waals surface area contributed by atoms with Gasteiger partial charge in [-0.05, 0) is 47.9 Å². The molecule has 0 spiro atoms. The number of carbonyl (C=O) groups excluding carboxylic acids is 1. The molecule has 5 aromatic rings. The zero-order chi connectivity index (χ0) is 25.1. The molecule has 3 aromatic carbocycles. The lowest BCUT2D eigenvalue weighted by Crippen LogP contribution is -2.27. The number of aromatic nitrogens is 4. The lowest BCUT2D eigenvalue weighted by atomic mass is 10.1. The Bertz CT molecular complexity index is 1570. The van der Waals surface area contributed by atoms with Crippen LogP contribution in [0.15, 0.2) is 71.9 Å². The molecule has 36 heavy (non-hydrogen) atoms. The second-order valence-corrected chi connectivity index (χ2v) is 10.3. The van der Waals surface area contributed by atoms with Crippen molar-refractivity contribution in [3.8, 4) is 0 Å². The van der Waals surface area contributed by atoms with Crippen LogP contribution in [0.3, 0.4) is 0 Å². The molecule has 0 saturated heterocycles. The Balaban J connectivity index is 1.30. The van der Waals surface area contributed by atoms with Crippen LogP contribution in [0.4, 0.5) is 0 Å². The number of nitrogens with zero attached hydrogens (tertiary/aromatic N) is 4. The summed E-state index contributed by atoms with van der Waals surface area (Å²) >= 11 is 19.6. The molecule has 0 bridgehead atoms. The second-order valence-electron chi connectivity index (χ2n) is 8.12. The number of hydrogen-bond donors (Lipinski definition) is 1. The molecule has 2 heterocycles. The van der Waals surface area contributed by atoms with E-state index in [2.05, 4.69) is 20.1 Å². The van der Waals surface area contributed by atoms with Crippen molar-refractivity contribution in [1.82, 2.24) is 25.1 Å². The quantitative estimate of drug-likeness (QED) is 0.223. The highest BCUT2D eigenvalue weighted by molar-refractivity contribution is 7.99. The monoisotopic (exact) mass is 555 g/mol. The summed E-state index contributed by atoms with van der Waals surface area (Å²) in [5, 5.41) is 14.9. The predicted octanol–water partition coefficient (Wildman–Crippen LogP) is 6.44. The average Bonchev–Trinajstić information content (AvgIpc) is 3.17. The third-order valence-electron chi connectivity index (χ3n) is 5.65. The molecule has 5 rings (SSSR count). The molecule has 182 valence electrons. The van der Waals surface area contributed by atoms with Crippen LogP contribution in [0.2, 0.25) is 15.1 Å². The van der Waals surface area contributed by atoms with Crippen molar-refractivity contribution in [3.05, 3.63) is 92.9 Å². The fourth-order valence-corrected chi connectivity index (χ4v) is 5.30. The number of amides is 1. The zero-order valence-electron chi connectivity index (χ0n) is 18.9. The van der Waals surface area contributed by atoms with Gasteiger partial charge in [0.2, 0.25) is 11.1 Å². The van der Waals surface area contributed by atoms with Crippen molar-refractivity contribution < 1.29 is 4.79 Å². The molecule has 0 fully saturated rings. The molecule has 0 aliphatic rings. The van der Waals surface area contributed by atoms with Gasteiger partial charge in [0, 0.05) is 33.5 Å². The Morgan fingerprint density at radius 3 is 2.61 bits per heavy atom. The molecule has 0 aliphatic carbocycles. The minimum Gasteiger partial charge on any atom is -0.355 e. The highest BCUT2D eigenvalue weighted by atomic mass is 35.5. The van der Waals surface area contributed by atoms with Gasteiger partial charge in [-0.3, -0.25) is 4.79 Å². The molecular weight excluding hydrogens is 537 g/mol. The fraction of sp³-hybridized carbons (Fsp3) is 0.154. The highest BCUT2D eigenvalue weighted by Gasteiger charge is 2.16. The minimum absolute atomic E-state index is 0.117. The normalized spacial score (nSPS) is 11.3. The van der Waals surface area contributed by atoms with E-state index in [1.807, 2.05) is 54.6 Å². The van der Waals surface area contributed by atoms with Crippen LogP contribution in [0, 0.1) is 0 Å². The summed E-state index contributed by atoms with van der Waals surface area (Å²) in [6.45, 7) is 1.05. The first-order chi connectivity index (χ1) is 17.5. The molecular formula is C26H20Cl3N5OS. The molecule has 0 atom stereocenters. The van der Waals surface area contributed by atoms with Crippen LogP contribution in [0.1, 0.15) is 11.1 Å². The van der Waals surface area contributed by atoms with Crippen LogP contribution in [-0.2, 0) is 17.8 Å². The van der Waals surface area contributed by atoms with Gasteiger partial charge in [-0.15, -0.1) is 10.2 Å². The number of para-hydroxylation sites is 1. The van der Waals surface area contributed by atoms with Crippen LogP contribution in [0.5, 0.6) is 0 Å². The number of rotatable bonds is 8. The molecule has 2 aromatic heterocycles. The maximum atomic E-state index is 12.4. The van der Waals surface area contributed by atoms with E-state index >= 15 is 0 Å². The van der Waals surface area contributed by atoms with Crippen molar-refractivity contribution in [3.63, 3.8) is 0 Å². The first-order valence-corrected chi connectivity index (χ1v) is 13.3. The Morgan fingerprint density at radius 2 is 1.78 bits per heavy atom. The van der Waals surface area contributed by atoms with Crippen molar-refractivity contribution in [1.29, 1.82) is 0 Å². The summed E-state index contributed by atoms with van der Waals surface area (Å²) in [6.07, 6.45) is 0.611. The Morgan fingerprint density at radius 1 is 0.944 bits per heavy atom. The largest absolute Gasteiger partial charge is 0.355 e. The first kappa shape index (κ1) is 24.8.